The van der Waals surface area contributed by atoms with Crippen LogP contribution in [0.4, 0.5) is 0 Å². The van der Waals surface area contributed by atoms with Gasteiger partial charge in [0, 0.05) is 11.8 Å². The molecule has 7 heteroatoms. The maximum Gasteiger partial charge on any atom is 0.294 e. The van der Waals surface area contributed by atoms with Crippen LogP contribution in [-0.2, 0) is 10.1 Å². The quantitative estimate of drug-likeness (QED) is 0.661. The zero-order valence-electron chi connectivity index (χ0n) is 10.4. The molecule has 1 heterocycles. The molecule has 0 radical (unpaired) electrons. The van der Waals surface area contributed by atoms with E-state index in [0.717, 1.165) is 12.1 Å². The lowest BCUT2D eigenvalue weighted by molar-refractivity contribution is 0.101. The van der Waals surface area contributed by atoms with Crippen LogP contribution in [0.5, 0.6) is 5.75 Å². The molecule has 0 amide bonds. The van der Waals surface area contributed by atoms with E-state index in [1.807, 2.05) is 0 Å². The van der Waals surface area contributed by atoms with Gasteiger partial charge in [0.25, 0.3) is 10.1 Å². The number of rotatable bonds is 3. The summed E-state index contributed by atoms with van der Waals surface area (Å²) in [6.07, 6.45) is 1.46. The molecule has 0 spiro atoms. The Morgan fingerprint density at radius 3 is 2.45 bits per heavy atom. The first-order valence-electron chi connectivity index (χ1n) is 5.57. The summed E-state index contributed by atoms with van der Waals surface area (Å²) in [5.74, 6) is -0.895. The largest absolute Gasteiger partial charge is 0.506 e. The Kier molecular flexibility index (Phi) is 3.56. The van der Waals surface area contributed by atoms with E-state index in [1.54, 1.807) is 18.2 Å². The van der Waals surface area contributed by atoms with Gasteiger partial charge in [-0.15, -0.1) is 0 Å². The van der Waals surface area contributed by atoms with Crippen molar-refractivity contribution in [3.05, 3.63) is 42.1 Å². The monoisotopic (exact) mass is 293 g/mol. The number of hydrogen-bond donors (Lipinski definition) is 2. The van der Waals surface area contributed by atoms with Gasteiger partial charge in [0.15, 0.2) is 5.78 Å². The number of carbonyl (C=O) groups excluding carboxylic acids is 1. The SMILES string of the molecule is CC(=O)c1cc(S(=O)(=O)O)cc(-c2ccccn2)c1O. The first kappa shape index (κ1) is 14.2. The second-order valence-corrected chi connectivity index (χ2v) is 5.53. The molecule has 0 aliphatic carbocycles. The van der Waals surface area contributed by atoms with E-state index in [2.05, 4.69) is 4.98 Å². The average molecular weight is 293 g/mol. The lowest BCUT2D eigenvalue weighted by Crippen LogP contribution is -2.03. The Labute approximate surface area is 115 Å². The van der Waals surface area contributed by atoms with Crippen molar-refractivity contribution in [1.29, 1.82) is 0 Å². The van der Waals surface area contributed by atoms with E-state index in [1.165, 1.54) is 13.1 Å². The summed E-state index contributed by atoms with van der Waals surface area (Å²) < 4.78 is 31.6. The number of phenols is 1. The van der Waals surface area contributed by atoms with Crippen molar-refractivity contribution in [3.63, 3.8) is 0 Å². The molecule has 104 valence electrons. The summed E-state index contributed by atoms with van der Waals surface area (Å²) >= 11 is 0. The van der Waals surface area contributed by atoms with Crippen LogP contribution in [-0.4, -0.2) is 28.8 Å². The predicted molar refractivity (Wildman–Crippen MR) is 71.2 cm³/mol. The summed E-state index contributed by atoms with van der Waals surface area (Å²) in [5.41, 5.74) is 0.157. The van der Waals surface area contributed by atoms with Gasteiger partial charge < -0.3 is 5.11 Å². The van der Waals surface area contributed by atoms with Gasteiger partial charge in [-0.05, 0) is 31.2 Å². The van der Waals surface area contributed by atoms with Crippen molar-refractivity contribution in [2.24, 2.45) is 0 Å². The van der Waals surface area contributed by atoms with E-state index in [9.17, 15) is 18.3 Å². The molecule has 6 nitrogen and oxygen atoms in total. The van der Waals surface area contributed by atoms with E-state index in [4.69, 9.17) is 4.55 Å². The van der Waals surface area contributed by atoms with Gasteiger partial charge >= 0.3 is 0 Å². The third-order valence-electron chi connectivity index (χ3n) is 2.70. The summed E-state index contributed by atoms with van der Waals surface area (Å²) in [7, 11) is -4.50. The van der Waals surface area contributed by atoms with Crippen LogP contribution in [0.15, 0.2) is 41.4 Å². The molecule has 0 fully saturated rings. The zero-order chi connectivity index (χ0) is 14.9. The number of phenolic OH excluding ortho intramolecular Hbond substituents is 1. The van der Waals surface area contributed by atoms with E-state index < -0.39 is 20.8 Å². The highest BCUT2D eigenvalue weighted by Crippen LogP contribution is 2.34. The number of aromatic hydroxyl groups is 1. The molecular weight excluding hydrogens is 282 g/mol. The maximum atomic E-state index is 11.5. The fourth-order valence-corrected chi connectivity index (χ4v) is 2.28. The minimum absolute atomic E-state index is 0.0610. The Morgan fingerprint density at radius 2 is 1.95 bits per heavy atom. The smallest absolute Gasteiger partial charge is 0.294 e. The van der Waals surface area contributed by atoms with Gasteiger partial charge in [0.05, 0.1) is 16.2 Å². The summed E-state index contributed by atoms with van der Waals surface area (Å²) in [6.45, 7) is 1.19. The highest BCUT2D eigenvalue weighted by Gasteiger charge is 2.20. The van der Waals surface area contributed by atoms with Crippen molar-refractivity contribution >= 4 is 15.9 Å². The Balaban J connectivity index is 2.81. The third kappa shape index (κ3) is 2.68. The molecule has 1 aromatic carbocycles. The van der Waals surface area contributed by atoms with Gasteiger partial charge in [-0.25, -0.2) is 0 Å². The highest BCUT2D eigenvalue weighted by atomic mass is 32.2. The second kappa shape index (κ2) is 5.03. The van der Waals surface area contributed by atoms with Crippen molar-refractivity contribution in [2.45, 2.75) is 11.8 Å². The van der Waals surface area contributed by atoms with Gasteiger partial charge in [0.1, 0.15) is 5.75 Å². The average Bonchev–Trinajstić information content (AvgIpc) is 2.38. The molecule has 0 saturated heterocycles. The van der Waals surface area contributed by atoms with Crippen molar-refractivity contribution in [1.82, 2.24) is 4.98 Å². The van der Waals surface area contributed by atoms with E-state index >= 15 is 0 Å². The fourth-order valence-electron chi connectivity index (χ4n) is 1.74. The Bertz CT molecular complexity index is 769. The normalized spacial score (nSPS) is 11.3. The number of benzene rings is 1. The number of hydrogen-bond acceptors (Lipinski definition) is 5. The minimum Gasteiger partial charge on any atom is -0.506 e. The van der Waals surface area contributed by atoms with Crippen LogP contribution in [0, 0.1) is 0 Å². The fraction of sp³-hybridized carbons (Fsp3) is 0.0769. The first-order chi connectivity index (χ1) is 9.30. The summed E-state index contributed by atoms with van der Waals surface area (Å²) in [6, 6.07) is 6.85. The maximum absolute atomic E-state index is 11.5. The molecule has 0 bridgehead atoms. The van der Waals surface area contributed by atoms with Crippen LogP contribution in [0.3, 0.4) is 0 Å². The molecular formula is C13H11NO5S. The number of carbonyl (C=O) groups is 1. The van der Waals surface area contributed by atoms with E-state index in [-0.39, 0.29) is 22.6 Å². The van der Waals surface area contributed by atoms with Gasteiger partial charge in [-0.1, -0.05) is 6.07 Å². The summed E-state index contributed by atoms with van der Waals surface area (Å²) in [5, 5.41) is 10.1. The number of Topliss-reactive ketones (excluding diaryl/α,β-unsaturated/α-hetero) is 1. The van der Waals surface area contributed by atoms with Crippen molar-refractivity contribution in [2.75, 3.05) is 0 Å². The molecule has 0 aliphatic heterocycles. The second-order valence-electron chi connectivity index (χ2n) is 4.11. The predicted octanol–water partition coefficient (Wildman–Crippen LogP) is 1.90. The number of pyridine rings is 1. The van der Waals surface area contributed by atoms with E-state index in [0.29, 0.717) is 0 Å². The molecule has 0 unspecified atom stereocenters. The third-order valence-corrected chi connectivity index (χ3v) is 3.53. The highest BCUT2D eigenvalue weighted by molar-refractivity contribution is 7.85. The molecule has 0 saturated carbocycles. The van der Waals surface area contributed by atoms with Crippen molar-refractivity contribution in [3.8, 4) is 17.0 Å². The van der Waals surface area contributed by atoms with Gasteiger partial charge in [0.2, 0.25) is 0 Å². The zero-order valence-corrected chi connectivity index (χ0v) is 11.3. The van der Waals surface area contributed by atoms with Crippen molar-refractivity contribution < 1.29 is 22.9 Å². The summed E-state index contributed by atoms with van der Waals surface area (Å²) in [4.78, 5) is 15.0. The van der Waals surface area contributed by atoms with Crippen LogP contribution < -0.4 is 0 Å². The van der Waals surface area contributed by atoms with Gasteiger partial charge in [-0.2, -0.15) is 8.42 Å². The molecule has 2 rings (SSSR count). The lowest BCUT2D eigenvalue weighted by atomic mass is 10.0. The molecule has 2 aromatic rings. The van der Waals surface area contributed by atoms with Gasteiger partial charge in [-0.3, -0.25) is 14.3 Å². The standard InChI is InChI=1S/C13H11NO5S/c1-8(15)10-6-9(20(17,18)19)7-11(13(10)16)12-4-2-3-5-14-12/h2-7,16H,1H3,(H,17,18,19). The molecule has 20 heavy (non-hydrogen) atoms. The van der Waals surface area contributed by atoms with Crippen LogP contribution in [0.2, 0.25) is 0 Å². The topological polar surface area (TPSA) is 105 Å². The molecule has 1 aromatic heterocycles. The number of aromatic nitrogens is 1. The Morgan fingerprint density at radius 1 is 1.25 bits per heavy atom. The lowest BCUT2D eigenvalue weighted by Gasteiger charge is -2.09. The number of nitrogens with zero attached hydrogens (tertiary/aromatic N) is 1. The Hall–Kier alpha value is -2.25. The first-order valence-corrected chi connectivity index (χ1v) is 7.01. The van der Waals surface area contributed by atoms with Crippen LogP contribution in [0.1, 0.15) is 17.3 Å². The molecule has 0 atom stereocenters. The van der Waals surface area contributed by atoms with Crippen LogP contribution >= 0.6 is 0 Å². The van der Waals surface area contributed by atoms with Crippen LogP contribution in [0.25, 0.3) is 11.3 Å². The molecule has 0 aliphatic rings. The minimum atomic E-state index is -4.50. The number of ketones is 1. The molecule has 2 N–H and O–H groups in total.